The van der Waals surface area contributed by atoms with E-state index in [0.717, 1.165) is 0 Å². The Kier molecular flexibility index (Phi) is 3.33. The number of hydrogen-bond acceptors (Lipinski definition) is 6. The molecule has 0 unspecified atom stereocenters. The molecule has 0 radical (unpaired) electrons. The van der Waals surface area contributed by atoms with Crippen molar-refractivity contribution in [2.24, 2.45) is 4.99 Å². The molecule has 0 aliphatic carbocycles. The third kappa shape index (κ3) is 2.87. The van der Waals surface area contributed by atoms with Gasteiger partial charge in [0, 0.05) is 5.02 Å². The number of halogens is 1. The minimum absolute atomic E-state index is 0.00406. The van der Waals surface area contributed by atoms with E-state index in [9.17, 15) is 4.79 Å². The molecule has 21 heavy (non-hydrogen) atoms. The number of aliphatic imine (C=N–C) groups is 1. The highest BCUT2D eigenvalue weighted by Crippen LogP contribution is 2.16. The van der Waals surface area contributed by atoms with Gasteiger partial charge in [-0.2, -0.15) is 4.98 Å². The zero-order chi connectivity index (χ0) is 14.8. The van der Waals surface area contributed by atoms with Crippen LogP contribution >= 0.6 is 11.6 Å². The lowest BCUT2D eigenvalue weighted by Gasteiger charge is -1.98. The topological polar surface area (TPSA) is 110 Å². The molecule has 8 heteroatoms. The summed E-state index contributed by atoms with van der Waals surface area (Å²) in [5.74, 6) is 0.00406. The van der Waals surface area contributed by atoms with Crippen molar-refractivity contribution in [1.82, 2.24) is 19.9 Å². The molecule has 3 rings (SSSR count). The second kappa shape index (κ2) is 5.29. The summed E-state index contributed by atoms with van der Waals surface area (Å²) in [4.78, 5) is 30.4. The van der Waals surface area contributed by atoms with E-state index in [1.165, 1.54) is 12.4 Å². The first-order valence-electron chi connectivity index (χ1n) is 5.94. The summed E-state index contributed by atoms with van der Waals surface area (Å²) in [6.07, 6.45) is 2.97. The van der Waals surface area contributed by atoms with Crippen molar-refractivity contribution in [3.8, 4) is 0 Å². The third-order valence-electron chi connectivity index (χ3n) is 2.63. The van der Waals surface area contributed by atoms with Crippen molar-refractivity contribution >= 4 is 40.6 Å². The van der Waals surface area contributed by atoms with Crippen molar-refractivity contribution in [1.29, 1.82) is 0 Å². The largest absolute Gasteiger partial charge is 0.369 e. The number of rotatable bonds is 2. The smallest absolute Gasteiger partial charge is 0.280 e. The van der Waals surface area contributed by atoms with E-state index in [1.807, 2.05) is 0 Å². The zero-order valence-corrected chi connectivity index (χ0v) is 11.4. The lowest BCUT2D eigenvalue weighted by molar-refractivity contribution is 1.12. The summed E-state index contributed by atoms with van der Waals surface area (Å²) in [6.45, 7) is 0. The van der Waals surface area contributed by atoms with E-state index >= 15 is 0 Å². The average Bonchev–Trinajstić information content (AvgIpc) is 2.47. The molecular formula is C13H9ClN6O. The Labute approximate surface area is 123 Å². The number of hydrogen-bond donors (Lipinski definition) is 2. The lowest BCUT2D eigenvalue weighted by atomic mass is 10.3. The Balaban J connectivity index is 1.98. The van der Waals surface area contributed by atoms with E-state index in [1.54, 1.807) is 24.3 Å². The van der Waals surface area contributed by atoms with Gasteiger partial charge in [-0.1, -0.05) is 11.6 Å². The van der Waals surface area contributed by atoms with Crippen LogP contribution in [-0.2, 0) is 0 Å². The Hall–Kier alpha value is -2.80. The van der Waals surface area contributed by atoms with Crippen LogP contribution in [0.4, 0.5) is 11.6 Å². The summed E-state index contributed by atoms with van der Waals surface area (Å²) >= 11 is 5.79. The fourth-order valence-corrected chi connectivity index (χ4v) is 1.80. The van der Waals surface area contributed by atoms with Gasteiger partial charge in [-0.25, -0.2) is 9.97 Å². The van der Waals surface area contributed by atoms with Crippen molar-refractivity contribution in [2.75, 3.05) is 5.73 Å². The van der Waals surface area contributed by atoms with Crippen LogP contribution in [-0.4, -0.2) is 26.2 Å². The highest BCUT2D eigenvalue weighted by Gasteiger charge is 2.05. The van der Waals surface area contributed by atoms with Crippen LogP contribution in [0.1, 0.15) is 5.69 Å². The van der Waals surface area contributed by atoms with Crippen molar-refractivity contribution in [3.05, 3.63) is 51.5 Å². The molecule has 3 aromatic rings. The number of benzene rings is 1. The molecule has 1 aromatic carbocycles. The minimum Gasteiger partial charge on any atom is -0.369 e. The highest BCUT2D eigenvalue weighted by atomic mass is 35.5. The molecule has 3 N–H and O–H groups in total. The summed E-state index contributed by atoms with van der Waals surface area (Å²) in [6, 6.07) is 7.00. The Morgan fingerprint density at radius 2 is 2.00 bits per heavy atom. The molecule has 0 fully saturated rings. The molecule has 0 atom stereocenters. The average molecular weight is 301 g/mol. The van der Waals surface area contributed by atoms with Gasteiger partial charge >= 0.3 is 0 Å². The number of H-pyrrole nitrogens is 1. The maximum absolute atomic E-state index is 11.7. The first kappa shape index (κ1) is 13.2. The number of nitrogens with zero attached hydrogens (tertiary/aromatic N) is 4. The highest BCUT2D eigenvalue weighted by molar-refractivity contribution is 6.30. The summed E-state index contributed by atoms with van der Waals surface area (Å²) in [7, 11) is 0. The fourth-order valence-electron chi connectivity index (χ4n) is 1.68. The predicted molar refractivity (Wildman–Crippen MR) is 81.1 cm³/mol. The van der Waals surface area contributed by atoms with Crippen molar-refractivity contribution < 1.29 is 0 Å². The van der Waals surface area contributed by atoms with Crippen molar-refractivity contribution in [2.45, 2.75) is 0 Å². The van der Waals surface area contributed by atoms with Gasteiger partial charge < -0.3 is 5.73 Å². The van der Waals surface area contributed by atoms with Crippen molar-refractivity contribution in [3.63, 3.8) is 0 Å². The van der Waals surface area contributed by atoms with Gasteiger partial charge in [0.05, 0.1) is 18.1 Å². The molecule has 0 saturated heterocycles. The first-order valence-corrected chi connectivity index (χ1v) is 6.32. The van der Waals surface area contributed by atoms with Crippen LogP contribution in [0.15, 0.2) is 40.2 Å². The van der Waals surface area contributed by atoms with Gasteiger partial charge in [0.25, 0.3) is 5.56 Å². The number of aromatic amines is 1. The Morgan fingerprint density at radius 1 is 1.24 bits per heavy atom. The van der Waals surface area contributed by atoms with Crippen LogP contribution in [0, 0.1) is 0 Å². The Bertz CT molecular complexity index is 887. The van der Waals surface area contributed by atoms with Gasteiger partial charge in [0.1, 0.15) is 5.69 Å². The van der Waals surface area contributed by atoms with Gasteiger partial charge in [-0.15, -0.1) is 0 Å². The molecule has 0 spiro atoms. The quantitative estimate of drug-likeness (QED) is 0.700. The Morgan fingerprint density at radius 3 is 2.76 bits per heavy atom. The monoisotopic (exact) mass is 300 g/mol. The molecule has 104 valence electrons. The summed E-state index contributed by atoms with van der Waals surface area (Å²) < 4.78 is 0. The number of fused-ring (bicyclic) bond motifs is 1. The fraction of sp³-hybridized carbons (Fsp3) is 0. The predicted octanol–water partition coefficient (Wildman–Crippen LogP) is 1.70. The van der Waals surface area contributed by atoms with Crippen LogP contribution in [0.5, 0.6) is 0 Å². The van der Waals surface area contributed by atoms with E-state index in [2.05, 4.69) is 24.9 Å². The number of nitrogens with one attached hydrogen (secondary N) is 1. The van der Waals surface area contributed by atoms with Crippen LogP contribution in [0.3, 0.4) is 0 Å². The van der Waals surface area contributed by atoms with Crippen LogP contribution < -0.4 is 11.3 Å². The molecule has 0 bridgehead atoms. The molecule has 0 aliphatic rings. The van der Waals surface area contributed by atoms with Gasteiger partial charge in [0.15, 0.2) is 11.2 Å². The van der Waals surface area contributed by atoms with E-state index in [-0.39, 0.29) is 17.1 Å². The molecule has 2 heterocycles. The van der Waals surface area contributed by atoms with E-state index in [0.29, 0.717) is 16.4 Å². The normalized spacial score (nSPS) is 11.3. The van der Waals surface area contributed by atoms with E-state index in [4.69, 9.17) is 17.3 Å². The summed E-state index contributed by atoms with van der Waals surface area (Å²) in [5.41, 5.74) is 6.46. The molecule has 0 amide bonds. The number of nitrogens with two attached hydrogens (primary N) is 1. The third-order valence-corrected chi connectivity index (χ3v) is 2.88. The maximum Gasteiger partial charge on any atom is 0.280 e. The lowest BCUT2D eigenvalue weighted by Crippen LogP contribution is -2.14. The maximum atomic E-state index is 11.7. The molecule has 0 aliphatic heterocycles. The SMILES string of the molecule is Nc1nc2ncc(C=Nc3ccc(Cl)cc3)nc2c(=O)[nH]1. The zero-order valence-electron chi connectivity index (χ0n) is 10.6. The number of nitrogen functional groups attached to an aromatic ring is 1. The van der Waals surface area contributed by atoms with Gasteiger partial charge in [-0.05, 0) is 24.3 Å². The van der Waals surface area contributed by atoms with Crippen LogP contribution in [0.25, 0.3) is 11.2 Å². The van der Waals surface area contributed by atoms with Gasteiger partial charge in [0.2, 0.25) is 5.95 Å². The number of aromatic nitrogens is 4. The standard InChI is InChI=1S/C13H9ClN6O/c14-7-1-3-8(4-2-7)16-5-9-6-17-11-10(18-9)12(21)20-13(15)19-11/h1-6H,(H3,15,17,19,20,21). The molecular weight excluding hydrogens is 292 g/mol. The molecule has 0 saturated carbocycles. The summed E-state index contributed by atoms with van der Waals surface area (Å²) in [5, 5.41) is 0.634. The molecule has 2 aromatic heterocycles. The van der Waals surface area contributed by atoms with Crippen LogP contribution in [0.2, 0.25) is 5.02 Å². The number of anilines is 1. The first-order chi connectivity index (χ1) is 10.1. The second-order valence-electron chi connectivity index (χ2n) is 4.15. The van der Waals surface area contributed by atoms with E-state index < -0.39 is 5.56 Å². The second-order valence-corrected chi connectivity index (χ2v) is 4.59. The van der Waals surface area contributed by atoms with Gasteiger partial charge in [-0.3, -0.25) is 14.8 Å². The minimum atomic E-state index is -0.438. The molecule has 7 nitrogen and oxygen atoms in total.